The van der Waals surface area contributed by atoms with Crippen LogP contribution in [0.1, 0.15) is 6.92 Å². The van der Waals surface area contributed by atoms with Gasteiger partial charge in [0, 0.05) is 12.1 Å². The van der Waals surface area contributed by atoms with Crippen LogP contribution >= 0.6 is 11.6 Å². The average Bonchev–Trinajstić information content (AvgIpc) is 2.67. The number of carbonyl (C=O) groups excluding carboxylic acids is 1. The molecule has 0 aliphatic carbocycles. The molecule has 0 radical (unpaired) electrons. The van der Waals surface area contributed by atoms with E-state index in [2.05, 4.69) is 0 Å². The van der Waals surface area contributed by atoms with Crippen LogP contribution < -0.4 is 13.8 Å². The Labute approximate surface area is 166 Å². The molecule has 2 aromatic carbocycles. The molecule has 28 heavy (non-hydrogen) atoms. The molecule has 1 atom stereocenters. The molecular formula is C17H17ClN2O7S. The summed E-state index contributed by atoms with van der Waals surface area (Å²) in [4.78, 5) is 21.8. The van der Waals surface area contributed by atoms with Gasteiger partial charge in [0.2, 0.25) is 5.24 Å². The zero-order valence-corrected chi connectivity index (χ0v) is 16.7. The second kappa shape index (κ2) is 8.44. The normalized spacial score (nSPS) is 12.1. The number of nitro benzene ring substituents is 1. The van der Waals surface area contributed by atoms with Crippen molar-refractivity contribution in [3.05, 3.63) is 52.6 Å². The van der Waals surface area contributed by atoms with E-state index in [-0.39, 0.29) is 11.4 Å². The van der Waals surface area contributed by atoms with E-state index in [1.807, 2.05) is 0 Å². The first-order valence-corrected chi connectivity index (χ1v) is 9.66. The Morgan fingerprint density at radius 3 is 2.36 bits per heavy atom. The van der Waals surface area contributed by atoms with Crippen molar-refractivity contribution >= 4 is 38.2 Å². The minimum Gasteiger partial charge on any atom is -0.497 e. The van der Waals surface area contributed by atoms with Crippen molar-refractivity contribution in [2.45, 2.75) is 17.9 Å². The Bertz CT molecular complexity index is 1010. The van der Waals surface area contributed by atoms with Gasteiger partial charge in [0.05, 0.1) is 24.8 Å². The molecule has 0 amide bonds. The van der Waals surface area contributed by atoms with Gasteiger partial charge >= 0.3 is 0 Å². The maximum absolute atomic E-state index is 13.4. The third kappa shape index (κ3) is 4.02. The summed E-state index contributed by atoms with van der Waals surface area (Å²) < 4.78 is 37.7. The Morgan fingerprint density at radius 1 is 1.18 bits per heavy atom. The highest BCUT2D eigenvalue weighted by Gasteiger charge is 2.38. The lowest BCUT2D eigenvalue weighted by atomic mass is 10.2. The van der Waals surface area contributed by atoms with Crippen LogP contribution in [0.25, 0.3) is 0 Å². The van der Waals surface area contributed by atoms with Crippen molar-refractivity contribution in [2.75, 3.05) is 18.5 Å². The molecule has 2 aromatic rings. The van der Waals surface area contributed by atoms with Crippen LogP contribution in [0.4, 0.5) is 11.4 Å². The van der Waals surface area contributed by atoms with Gasteiger partial charge < -0.3 is 9.47 Å². The van der Waals surface area contributed by atoms with Crippen molar-refractivity contribution in [3.63, 3.8) is 0 Å². The highest BCUT2D eigenvalue weighted by molar-refractivity contribution is 7.93. The molecule has 9 nitrogen and oxygen atoms in total. The van der Waals surface area contributed by atoms with Crippen LogP contribution in [0.5, 0.6) is 11.5 Å². The number of nitrogens with zero attached hydrogens (tertiary/aromatic N) is 2. The summed E-state index contributed by atoms with van der Waals surface area (Å²) >= 11 is 5.58. The third-order valence-corrected chi connectivity index (χ3v) is 6.15. The van der Waals surface area contributed by atoms with E-state index in [1.165, 1.54) is 51.5 Å². The van der Waals surface area contributed by atoms with E-state index in [4.69, 9.17) is 21.1 Å². The first-order valence-electron chi connectivity index (χ1n) is 7.84. The van der Waals surface area contributed by atoms with Gasteiger partial charge in [-0.3, -0.25) is 19.2 Å². The van der Waals surface area contributed by atoms with Gasteiger partial charge in [0.25, 0.3) is 15.7 Å². The smallest absolute Gasteiger partial charge is 0.289 e. The van der Waals surface area contributed by atoms with Gasteiger partial charge in [-0.25, -0.2) is 8.42 Å². The molecule has 11 heteroatoms. The first-order chi connectivity index (χ1) is 13.1. The largest absolute Gasteiger partial charge is 0.497 e. The number of anilines is 1. The molecule has 0 bridgehead atoms. The fraction of sp³-hybridized carbons (Fsp3) is 0.235. The molecule has 0 fully saturated rings. The lowest BCUT2D eigenvalue weighted by Gasteiger charge is -2.29. The molecule has 0 saturated carbocycles. The summed E-state index contributed by atoms with van der Waals surface area (Å²) in [6.07, 6.45) is 0. The number of hydrogen-bond acceptors (Lipinski definition) is 7. The van der Waals surface area contributed by atoms with Crippen molar-refractivity contribution < 1.29 is 27.6 Å². The molecular weight excluding hydrogens is 412 g/mol. The number of methoxy groups -OCH3 is 2. The Balaban J connectivity index is 2.79. The number of nitro groups is 1. The van der Waals surface area contributed by atoms with E-state index in [9.17, 15) is 23.3 Å². The molecule has 0 heterocycles. The Morgan fingerprint density at radius 2 is 1.82 bits per heavy atom. The molecule has 0 saturated heterocycles. The lowest BCUT2D eigenvalue weighted by Crippen LogP contribution is -2.42. The topological polar surface area (TPSA) is 116 Å². The molecule has 0 aromatic heterocycles. The van der Waals surface area contributed by atoms with Gasteiger partial charge in [-0.1, -0.05) is 12.1 Å². The highest BCUT2D eigenvalue weighted by atomic mass is 35.5. The van der Waals surface area contributed by atoms with Crippen LogP contribution in [0.2, 0.25) is 0 Å². The third-order valence-electron chi connectivity index (χ3n) is 3.90. The zero-order chi connectivity index (χ0) is 21.1. The second-order valence-corrected chi connectivity index (χ2v) is 7.70. The Hall–Kier alpha value is -2.85. The first kappa shape index (κ1) is 21.5. The van der Waals surface area contributed by atoms with E-state index in [0.717, 1.165) is 12.1 Å². The quantitative estimate of drug-likeness (QED) is 0.360. The monoisotopic (exact) mass is 428 g/mol. The van der Waals surface area contributed by atoms with Crippen molar-refractivity contribution in [2.24, 2.45) is 0 Å². The summed E-state index contributed by atoms with van der Waals surface area (Å²) in [5.74, 6) is 0.458. The number of hydrogen-bond donors (Lipinski definition) is 0. The maximum atomic E-state index is 13.4. The van der Waals surface area contributed by atoms with Crippen molar-refractivity contribution in [1.82, 2.24) is 0 Å². The van der Waals surface area contributed by atoms with Crippen LogP contribution in [0.15, 0.2) is 47.4 Å². The fourth-order valence-electron chi connectivity index (χ4n) is 2.54. The number of halogens is 1. The molecule has 150 valence electrons. The predicted molar refractivity (Wildman–Crippen MR) is 103 cm³/mol. The van der Waals surface area contributed by atoms with Crippen molar-refractivity contribution in [3.8, 4) is 11.5 Å². The average molecular weight is 429 g/mol. The fourth-order valence-corrected chi connectivity index (χ4v) is 4.48. The van der Waals surface area contributed by atoms with E-state index in [0.29, 0.717) is 10.1 Å². The summed E-state index contributed by atoms with van der Waals surface area (Å²) in [6.45, 7) is 1.27. The summed E-state index contributed by atoms with van der Waals surface area (Å²) in [5, 5.41) is 10.4. The lowest BCUT2D eigenvalue weighted by molar-refractivity contribution is -0.387. The number of rotatable bonds is 8. The summed E-state index contributed by atoms with van der Waals surface area (Å²) in [7, 11) is -1.84. The minimum atomic E-state index is -4.56. The van der Waals surface area contributed by atoms with Crippen molar-refractivity contribution in [1.29, 1.82) is 0 Å². The molecule has 0 spiro atoms. The van der Waals surface area contributed by atoms with Crippen LogP contribution in [0.3, 0.4) is 0 Å². The second-order valence-electron chi connectivity index (χ2n) is 5.54. The van der Waals surface area contributed by atoms with Gasteiger partial charge in [-0.15, -0.1) is 0 Å². The van der Waals surface area contributed by atoms with Gasteiger partial charge in [-0.2, -0.15) is 0 Å². The standard InChI is InChI=1S/C17H17ClN2O7S/c1-11(17(18)21)19(13-9-8-12(26-2)10-15(13)27-3)28(24,25)16-7-5-4-6-14(16)20(22)23/h4-11H,1-3H3. The van der Waals surface area contributed by atoms with E-state index >= 15 is 0 Å². The number of para-hydroxylation sites is 1. The number of carbonyl (C=O) groups is 1. The molecule has 0 N–H and O–H groups in total. The highest BCUT2D eigenvalue weighted by Crippen LogP contribution is 2.38. The molecule has 0 aliphatic rings. The Kier molecular flexibility index (Phi) is 6.47. The predicted octanol–water partition coefficient (Wildman–Crippen LogP) is 2.96. The number of ether oxygens (including phenoxy) is 2. The van der Waals surface area contributed by atoms with Gasteiger partial charge in [-0.05, 0) is 36.7 Å². The minimum absolute atomic E-state index is 0.0250. The van der Waals surface area contributed by atoms with Crippen LogP contribution in [-0.4, -0.2) is 38.8 Å². The maximum Gasteiger partial charge on any atom is 0.289 e. The summed E-state index contributed by atoms with van der Waals surface area (Å²) in [6, 6.07) is 7.70. The zero-order valence-electron chi connectivity index (χ0n) is 15.2. The number of sulfonamides is 1. The summed E-state index contributed by atoms with van der Waals surface area (Å²) in [5.41, 5.74) is -0.655. The molecule has 0 aliphatic heterocycles. The SMILES string of the molecule is COc1ccc(N(C(C)C(=O)Cl)S(=O)(=O)c2ccccc2[N+](=O)[O-])c(OC)c1. The van der Waals surface area contributed by atoms with E-state index < -0.39 is 36.8 Å². The van der Waals surface area contributed by atoms with E-state index in [1.54, 1.807) is 0 Å². The van der Waals surface area contributed by atoms with Crippen LogP contribution in [-0.2, 0) is 14.8 Å². The number of benzene rings is 2. The van der Waals surface area contributed by atoms with Crippen LogP contribution in [0, 0.1) is 10.1 Å². The van der Waals surface area contributed by atoms with Gasteiger partial charge in [0.15, 0.2) is 4.90 Å². The molecule has 1 unspecified atom stereocenters. The van der Waals surface area contributed by atoms with Gasteiger partial charge in [0.1, 0.15) is 17.5 Å². The molecule has 2 rings (SSSR count).